The third kappa shape index (κ3) is 3.71. The van der Waals surface area contributed by atoms with Crippen LogP contribution in [-0.4, -0.2) is 35.7 Å². The van der Waals surface area contributed by atoms with Crippen LogP contribution < -0.4 is 10.6 Å². The number of thiazole rings is 1. The van der Waals surface area contributed by atoms with Crippen LogP contribution >= 0.6 is 22.9 Å². The minimum Gasteiger partial charge on any atom is -0.396 e. The summed E-state index contributed by atoms with van der Waals surface area (Å²) in [4.78, 5) is 17.7. The number of hydrogen-bond donors (Lipinski definition) is 2. The van der Waals surface area contributed by atoms with E-state index in [0.717, 1.165) is 36.5 Å². The number of rotatable bonds is 5. The second-order valence-electron chi connectivity index (χ2n) is 6.37. The number of primary amides is 1. The van der Waals surface area contributed by atoms with Gasteiger partial charge >= 0.3 is 0 Å². The van der Waals surface area contributed by atoms with Crippen molar-refractivity contribution in [1.29, 1.82) is 0 Å². The number of carbonyl (C=O) groups is 1. The standard InChI is InChI=1S/C17H20ClN3O2S/c18-13-4-1-3-12(7-13)8-17(11-22)5-2-6-21(10-17)16-20-14(9-24-16)15(19)23/h1,3-4,7,9,22H,2,5-6,8,10-11H2,(H2,19,23)/t17-/m0/s1. The van der Waals surface area contributed by atoms with E-state index in [1.54, 1.807) is 5.38 Å². The molecule has 2 aromatic rings. The molecule has 3 rings (SSSR count). The Morgan fingerprint density at radius 3 is 3.00 bits per heavy atom. The fraction of sp³-hybridized carbons (Fsp3) is 0.412. The lowest BCUT2D eigenvalue weighted by Crippen LogP contribution is -2.46. The van der Waals surface area contributed by atoms with Gasteiger partial charge in [0.1, 0.15) is 5.69 Å². The summed E-state index contributed by atoms with van der Waals surface area (Å²) in [6.07, 6.45) is 2.67. The molecule has 1 fully saturated rings. The van der Waals surface area contributed by atoms with Crippen LogP contribution in [0.4, 0.5) is 5.13 Å². The third-order valence-corrected chi connectivity index (χ3v) is 5.62. The predicted molar refractivity (Wildman–Crippen MR) is 96.8 cm³/mol. The number of anilines is 1. The van der Waals surface area contributed by atoms with Gasteiger partial charge in [-0.1, -0.05) is 23.7 Å². The lowest BCUT2D eigenvalue weighted by molar-refractivity contribution is 0.0995. The van der Waals surface area contributed by atoms with Crippen molar-refractivity contribution < 1.29 is 9.90 Å². The molecule has 24 heavy (non-hydrogen) atoms. The van der Waals surface area contributed by atoms with Crippen LogP contribution in [0.25, 0.3) is 0 Å². The second-order valence-corrected chi connectivity index (χ2v) is 7.64. The molecule has 0 saturated carbocycles. The Morgan fingerprint density at radius 2 is 2.33 bits per heavy atom. The molecule has 0 bridgehead atoms. The zero-order valence-electron chi connectivity index (χ0n) is 13.2. The van der Waals surface area contributed by atoms with Gasteiger partial charge in [-0.15, -0.1) is 11.3 Å². The second kappa shape index (κ2) is 7.09. The van der Waals surface area contributed by atoms with Gasteiger partial charge in [-0.2, -0.15) is 0 Å². The lowest BCUT2D eigenvalue weighted by Gasteiger charge is -2.42. The van der Waals surface area contributed by atoms with Crippen LogP contribution in [-0.2, 0) is 6.42 Å². The third-order valence-electron chi connectivity index (χ3n) is 4.48. The maximum absolute atomic E-state index is 11.2. The van der Waals surface area contributed by atoms with Crippen LogP contribution in [0.15, 0.2) is 29.6 Å². The first-order valence-electron chi connectivity index (χ1n) is 7.87. The van der Waals surface area contributed by atoms with Gasteiger partial charge in [0.25, 0.3) is 5.91 Å². The normalized spacial score (nSPS) is 21.0. The number of hydrogen-bond acceptors (Lipinski definition) is 5. The van der Waals surface area contributed by atoms with E-state index in [1.165, 1.54) is 11.3 Å². The largest absolute Gasteiger partial charge is 0.396 e. The summed E-state index contributed by atoms with van der Waals surface area (Å²) in [7, 11) is 0. The highest BCUT2D eigenvalue weighted by molar-refractivity contribution is 7.13. The Kier molecular flexibility index (Phi) is 5.08. The molecule has 1 aromatic heterocycles. The Labute approximate surface area is 150 Å². The number of carbonyl (C=O) groups excluding carboxylic acids is 1. The molecule has 0 aliphatic carbocycles. The summed E-state index contributed by atoms with van der Waals surface area (Å²) < 4.78 is 0. The fourth-order valence-electron chi connectivity index (χ4n) is 3.30. The Balaban J connectivity index is 1.79. The molecular weight excluding hydrogens is 346 g/mol. The fourth-order valence-corrected chi connectivity index (χ4v) is 4.36. The molecule has 5 nitrogen and oxygen atoms in total. The molecular formula is C17H20ClN3O2S. The number of aliphatic hydroxyl groups excluding tert-OH is 1. The molecule has 1 aliphatic rings. The van der Waals surface area contributed by atoms with Gasteiger partial charge in [0.05, 0.1) is 6.61 Å². The highest BCUT2D eigenvalue weighted by Crippen LogP contribution is 2.36. The van der Waals surface area contributed by atoms with E-state index >= 15 is 0 Å². The van der Waals surface area contributed by atoms with Crippen molar-refractivity contribution in [3.8, 4) is 0 Å². The Bertz CT molecular complexity index is 736. The van der Waals surface area contributed by atoms with Gasteiger partial charge in [-0.3, -0.25) is 4.79 Å². The minimum atomic E-state index is -0.512. The summed E-state index contributed by atoms with van der Waals surface area (Å²) in [5, 5.41) is 13.3. The van der Waals surface area contributed by atoms with Crippen molar-refractivity contribution in [2.24, 2.45) is 11.1 Å². The quantitative estimate of drug-likeness (QED) is 0.853. The molecule has 1 atom stereocenters. The Hall–Kier alpha value is -1.63. The molecule has 128 valence electrons. The average molecular weight is 366 g/mol. The number of nitrogens with two attached hydrogens (primary N) is 1. The number of nitrogens with zero attached hydrogens (tertiary/aromatic N) is 2. The van der Waals surface area contributed by atoms with Gasteiger partial charge in [-0.05, 0) is 37.0 Å². The van der Waals surface area contributed by atoms with Crippen molar-refractivity contribution in [2.75, 3.05) is 24.6 Å². The van der Waals surface area contributed by atoms with Crippen LogP contribution in [0.2, 0.25) is 5.02 Å². The van der Waals surface area contributed by atoms with E-state index in [9.17, 15) is 9.90 Å². The van der Waals surface area contributed by atoms with Gasteiger partial charge in [-0.25, -0.2) is 4.98 Å². The number of piperidine rings is 1. The summed E-state index contributed by atoms with van der Waals surface area (Å²) in [5.74, 6) is -0.512. The maximum atomic E-state index is 11.2. The molecule has 0 radical (unpaired) electrons. The molecule has 1 aliphatic heterocycles. The molecule has 0 unspecified atom stereocenters. The Morgan fingerprint density at radius 1 is 1.50 bits per heavy atom. The van der Waals surface area contributed by atoms with E-state index in [-0.39, 0.29) is 12.0 Å². The molecule has 2 heterocycles. The van der Waals surface area contributed by atoms with E-state index in [1.807, 2.05) is 24.3 Å². The number of benzene rings is 1. The van der Waals surface area contributed by atoms with Crippen LogP contribution in [0.1, 0.15) is 28.9 Å². The van der Waals surface area contributed by atoms with E-state index in [4.69, 9.17) is 17.3 Å². The SMILES string of the molecule is NC(=O)c1csc(N2CCC[C@](CO)(Cc3cccc(Cl)c3)C2)n1. The van der Waals surface area contributed by atoms with Gasteiger partial charge < -0.3 is 15.7 Å². The van der Waals surface area contributed by atoms with E-state index in [2.05, 4.69) is 9.88 Å². The first-order valence-corrected chi connectivity index (χ1v) is 9.13. The number of amides is 1. The van der Waals surface area contributed by atoms with Crippen molar-refractivity contribution >= 4 is 34.0 Å². The van der Waals surface area contributed by atoms with Crippen molar-refractivity contribution in [3.05, 3.63) is 45.9 Å². The smallest absolute Gasteiger partial charge is 0.268 e. The maximum Gasteiger partial charge on any atom is 0.268 e. The topological polar surface area (TPSA) is 79.5 Å². The van der Waals surface area contributed by atoms with Crippen LogP contribution in [0, 0.1) is 5.41 Å². The zero-order chi connectivity index (χ0) is 17.2. The molecule has 0 spiro atoms. The number of aromatic nitrogens is 1. The van der Waals surface area contributed by atoms with Gasteiger partial charge in [0.2, 0.25) is 0 Å². The zero-order valence-corrected chi connectivity index (χ0v) is 14.8. The monoisotopic (exact) mass is 365 g/mol. The highest BCUT2D eigenvalue weighted by Gasteiger charge is 2.36. The lowest BCUT2D eigenvalue weighted by atomic mass is 9.76. The molecule has 1 amide bonds. The highest BCUT2D eigenvalue weighted by atomic mass is 35.5. The summed E-state index contributed by atoms with van der Waals surface area (Å²) in [5.41, 5.74) is 6.47. The van der Waals surface area contributed by atoms with Crippen molar-refractivity contribution in [2.45, 2.75) is 19.3 Å². The van der Waals surface area contributed by atoms with Crippen molar-refractivity contribution in [1.82, 2.24) is 4.98 Å². The molecule has 3 N–H and O–H groups in total. The van der Waals surface area contributed by atoms with Gasteiger partial charge in [0, 0.05) is 28.9 Å². The van der Waals surface area contributed by atoms with E-state index in [0.29, 0.717) is 17.3 Å². The number of halogens is 1. The minimum absolute atomic E-state index is 0.101. The summed E-state index contributed by atoms with van der Waals surface area (Å²) in [6, 6.07) is 7.78. The predicted octanol–water partition coefficient (Wildman–Crippen LogP) is 2.72. The summed E-state index contributed by atoms with van der Waals surface area (Å²) in [6.45, 7) is 1.66. The van der Waals surface area contributed by atoms with Crippen molar-refractivity contribution in [3.63, 3.8) is 0 Å². The first-order chi connectivity index (χ1) is 11.5. The van der Waals surface area contributed by atoms with Crippen LogP contribution in [0.5, 0.6) is 0 Å². The van der Waals surface area contributed by atoms with E-state index < -0.39 is 5.91 Å². The van der Waals surface area contributed by atoms with Gasteiger partial charge in [0.15, 0.2) is 5.13 Å². The molecule has 1 saturated heterocycles. The first kappa shape index (κ1) is 17.2. The number of aliphatic hydroxyl groups is 1. The van der Waals surface area contributed by atoms with Crippen LogP contribution in [0.3, 0.4) is 0 Å². The molecule has 7 heteroatoms. The molecule has 1 aromatic carbocycles. The summed E-state index contributed by atoms with van der Waals surface area (Å²) >= 11 is 7.50. The average Bonchev–Trinajstić information content (AvgIpc) is 3.05.